The molecule has 0 heterocycles. The molecule has 0 aliphatic carbocycles. The van der Waals surface area contributed by atoms with E-state index in [0.717, 1.165) is 29.0 Å². The van der Waals surface area contributed by atoms with E-state index in [2.05, 4.69) is 43.5 Å². The molecule has 0 aliphatic heterocycles. The molecule has 0 saturated carbocycles. The van der Waals surface area contributed by atoms with Crippen molar-refractivity contribution in [2.24, 2.45) is 0 Å². The first-order valence-electron chi connectivity index (χ1n) is 9.55. The van der Waals surface area contributed by atoms with E-state index in [1.165, 1.54) is 10.9 Å². The standard InChI is InChI=1S/C25H25NO3/c1-16(2)24(26)29-21-10-12-23-20(15-21)9-8-19-14-18(7-11-22(19)23)6-5-13-28-25(27)17(3)4/h7-12,14-15,26H,1,3,5-6,13H2,2,4H3. The molecule has 0 radical (unpaired) electrons. The third-order valence-corrected chi connectivity index (χ3v) is 4.67. The largest absolute Gasteiger partial charge is 0.462 e. The van der Waals surface area contributed by atoms with Gasteiger partial charge in [0.1, 0.15) is 5.75 Å². The molecule has 0 aliphatic rings. The number of benzene rings is 3. The molecule has 0 fully saturated rings. The fraction of sp³-hybridized carbons (Fsp3) is 0.200. The Labute approximate surface area is 171 Å². The van der Waals surface area contributed by atoms with Crippen LogP contribution in [0.2, 0.25) is 0 Å². The fourth-order valence-electron chi connectivity index (χ4n) is 3.09. The lowest BCUT2D eigenvalue weighted by Gasteiger charge is -2.10. The summed E-state index contributed by atoms with van der Waals surface area (Å²) >= 11 is 0. The quantitative estimate of drug-likeness (QED) is 0.136. The number of hydrogen-bond acceptors (Lipinski definition) is 4. The lowest BCUT2D eigenvalue weighted by molar-refractivity contribution is -0.139. The first-order chi connectivity index (χ1) is 13.8. The molecule has 0 amide bonds. The molecule has 1 N–H and O–H groups in total. The zero-order chi connectivity index (χ0) is 21.0. The predicted octanol–water partition coefficient (Wildman–Crippen LogP) is 5.98. The first-order valence-corrected chi connectivity index (χ1v) is 9.55. The van der Waals surface area contributed by atoms with Crippen molar-refractivity contribution >= 4 is 33.4 Å². The second kappa shape index (κ2) is 8.74. The van der Waals surface area contributed by atoms with E-state index in [1.807, 2.05) is 18.2 Å². The van der Waals surface area contributed by atoms with Gasteiger partial charge in [0, 0.05) is 11.1 Å². The van der Waals surface area contributed by atoms with Crippen molar-refractivity contribution in [1.29, 1.82) is 5.41 Å². The van der Waals surface area contributed by atoms with Crippen LogP contribution in [-0.2, 0) is 16.0 Å². The molecule has 3 aromatic carbocycles. The summed E-state index contributed by atoms with van der Waals surface area (Å²) in [6.07, 6.45) is 1.61. The molecule has 0 spiro atoms. The molecule has 4 heteroatoms. The average molecular weight is 387 g/mol. The molecule has 29 heavy (non-hydrogen) atoms. The van der Waals surface area contributed by atoms with Crippen LogP contribution in [0.25, 0.3) is 21.5 Å². The summed E-state index contributed by atoms with van der Waals surface area (Å²) in [5.41, 5.74) is 2.22. The van der Waals surface area contributed by atoms with Crippen molar-refractivity contribution < 1.29 is 14.3 Å². The molecule has 4 nitrogen and oxygen atoms in total. The number of carbonyl (C=O) groups excluding carboxylic acids is 1. The van der Waals surface area contributed by atoms with Crippen molar-refractivity contribution in [3.8, 4) is 5.75 Å². The van der Waals surface area contributed by atoms with Gasteiger partial charge < -0.3 is 9.47 Å². The summed E-state index contributed by atoms with van der Waals surface area (Å²) in [6, 6.07) is 16.4. The van der Waals surface area contributed by atoms with Gasteiger partial charge in [0.05, 0.1) is 6.61 Å². The Hall–Kier alpha value is -3.40. The summed E-state index contributed by atoms with van der Waals surface area (Å²) in [4.78, 5) is 11.4. The van der Waals surface area contributed by atoms with Gasteiger partial charge in [-0.15, -0.1) is 0 Å². The van der Waals surface area contributed by atoms with E-state index < -0.39 is 0 Å². The Morgan fingerprint density at radius 1 is 0.931 bits per heavy atom. The molecule has 3 rings (SSSR count). The normalized spacial score (nSPS) is 10.7. The van der Waals surface area contributed by atoms with Gasteiger partial charge in [0.15, 0.2) is 0 Å². The lowest BCUT2D eigenvalue weighted by atomic mass is 9.98. The molecule has 0 saturated heterocycles. The average Bonchev–Trinajstić information content (AvgIpc) is 2.70. The van der Waals surface area contributed by atoms with Crippen molar-refractivity contribution in [2.45, 2.75) is 26.7 Å². The maximum Gasteiger partial charge on any atom is 0.333 e. The summed E-state index contributed by atoms with van der Waals surface area (Å²) in [6.45, 7) is 11.1. The van der Waals surface area contributed by atoms with Gasteiger partial charge in [0.25, 0.3) is 0 Å². The number of aryl methyl sites for hydroxylation is 1. The number of carbonyl (C=O) groups is 1. The maximum atomic E-state index is 11.4. The molecule has 0 atom stereocenters. The smallest absolute Gasteiger partial charge is 0.333 e. The highest BCUT2D eigenvalue weighted by Crippen LogP contribution is 2.29. The van der Waals surface area contributed by atoms with E-state index in [4.69, 9.17) is 14.9 Å². The number of ether oxygens (including phenoxy) is 2. The van der Waals surface area contributed by atoms with Gasteiger partial charge in [-0.2, -0.15) is 0 Å². The maximum absolute atomic E-state index is 11.4. The lowest BCUT2D eigenvalue weighted by Crippen LogP contribution is -2.07. The van der Waals surface area contributed by atoms with Crippen LogP contribution in [-0.4, -0.2) is 18.5 Å². The van der Waals surface area contributed by atoms with Gasteiger partial charge in [0.2, 0.25) is 5.90 Å². The number of rotatable bonds is 7. The Morgan fingerprint density at radius 3 is 2.24 bits per heavy atom. The second-order valence-electron chi connectivity index (χ2n) is 7.24. The highest BCUT2D eigenvalue weighted by atomic mass is 16.5. The van der Waals surface area contributed by atoms with Crippen molar-refractivity contribution in [1.82, 2.24) is 0 Å². The van der Waals surface area contributed by atoms with Gasteiger partial charge in [-0.1, -0.05) is 49.6 Å². The molecule has 0 aromatic heterocycles. The van der Waals surface area contributed by atoms with Crippen LogP contribution in [0, 0.1) is 5.41 Å². The van der Waals surface area contributed by atoms with E-state index in [0.29, 0.717) is 23.5 Å². The van der Waals surface area contributed by atoms with Gasteiger partial charge in [-0.25, -0.2) is 4.79 Å². The summed E-state index contributed by atoms with van der Waals surface area (Å²) in [5, 5.41) is 12.3. The van der Waals surface area contributed by atoms with Crippen molar-refractivity contribution in [3.63, 3.8) is 0 Å². The van der Waals surface area contributed by atoms with Crippen LogP contribution in [0.15, 0.2) is 72.8 Å². The molecule has 3 aromatic rings. The highest BCUT2D eigenvalue weighted by Gasteiger charge is 2.07. The molecule has 148 valence electrons. The number of hydrogen-bond donors (Lipinski definition) is 1. The van der Waals surface area contributed by atoms with E-state index in [9.17, 15) is 4.79 Å². The topological polar surface area (TPSA) is 59.4 Å². The third kappa shape index (κ3) is 4.91. The van der Waals surface area contributed by atoms with Crippen molar-refractivity contribution in [2.75, 3.05) is 6.61 Å². The van der Waals surface area contributed by atoms with E-state index >= 15 is 0 Å². The van der Waals surface area contributed by atoms with E-state index in [1.54, 1.807) is 13.8 Å². The predicted molar refractivity (Wildman–Crippen MR) is 119 cm³/mol. The minimum absolute atomic E-state index is 0.0729. The van der Waals surface area contributed by atoms with Crippen LogP contribution < -0.4 is 4.74 Å². The fourth-order valence-corrected chi connectivity index (χ4v) is 3.09. The summed E-state index contributed by atoms with van der Waals surface area (Å²) in [5.74, 6) is 0.367. The van der Waals surface area contributed by atoms with Crippen molar-refractivity contribution in [3.05, 3.63) is 78.4 Å². The van der Waals surface area contributed by atoms with Gasteiger partial charge >= 0.3 is 5.97 Å². The Bertz CT molecular complexity index is 1130. The summed E-state index contributed by atoms with van der Waals surface area (Å²) in [7, 11) is 0. The Kier molecular flexibility index (Phi) is 6.13. The zero-order valence-electron chi connectivity index (χ0n) is 16.9. The second-order valence-corrected chi connectivity index (χ2v) is 7.24. The Morgan fingerprint density at radius 2 is 1.59 bits per heavy atom. The first kappa shape index (κ1) is 20.3. The minimum atomic E-state index is -0.336. The third-order valence-electron chi connectivity index (χ3n) is 4.67. The zero-order valence-corrected chi connectivity index (χ0v) is 16.9. The van der Waals surface area contributed by atoms with Gasteiger partial charge in [-0.05, 0) is 65.9 Å². The van der Waals surface area contributed by atoms with Crippen LogP contribution in [0.5, 0.6) is 5.75 Å². The van der Waals surface area contributed by atoms with Crippen LogP contribution in [0.1, 0.15) is 25.8 Å². The van der Waals surface area contributed by atoms with Crippen LogP contribution in [0.4, 0.5) is 0 Å². The number of nitrogens with one attached hydrogen (secondary N) is 1. The molecular formula is C25H25NO3. The van der Waals surface area contributed by atoms with Crippen LogP contribution >= 0.6 is 0 Å². The Balaban J connectivity index is 1.75. The summed E-state index contributed by atoms with van der Waals surface area (Å²) < 4.78 is 10.7. The monoisotopic (exact) mass is 387 g/mol. The SMILES string of the molecule is C=C(C)C(=N)Oc1ccc2c(ccc3cc(CCCOC(=O)C(=C)C)ccc32)c1. The number of esters is 1. The van der Waals surface area contributed by atoms with E-state index in [-0.39, 0.29) is 11.9 Å². The minimum Gasteiger partial charge on any atom is -0.462 e. The molecule has 0 bridgehead atoms. The highest BCUT2D eigenvalue weighted by molar-refractivity contribution is 6.08. The van der Waals surface area contributed by atoms with Crippen LogP contribution in [0.3, 0.4) is 0 Å². The van der Waals surface area contributed by atoms with Gasteiger partial charge in [-0.3, -0.25) is 5.41 Å². The molecular weight excluding hydrogens is 362 g/mol. The number of fused-ring (bicyclic) bond motifs is 3. The molecule has 0 unspecified atom stereocenters.